The second kappa shape index (κ2) is 1.87. The summed E-state index contributed by atoms with van der Waals surface area (Å²) < 4.78 is 0.438. The number of carbonyl (C=O) groups excluding carboxylic acids is 1. The van der Waals surface area contributed by atoms with Crippen LogP contribution >= 0.6 is 24.0 Å². The van der Waals surface area contributed by atoms with Crippen LogP contribution in [-0.4, -0.2) is 10.2 Å². The number of thioether (sulfide) groups is 1. The molecule has 0 saturated carbocycles. The largest absolute Gasteiger partial charge is 0.307 e. The maximum atomic E-state index is 10.4. The third-order valence-corrected chi connectivity index (χ3v) is 1.69. The van der Waals surface area contributed by atoms with Gasteiger partial charge in [-0.3, -0.25) is 4.79 Å². The first-order chi connectivity index (χ1) is 3.70. The minimum atomic E-state index is -0.278. The third-order valence-electron chi connectivity index (χ3n) is 0.642. The van der Waals surface area contributed by atoms with Gasteiger partial charge in [-0.05, 0) is 6.58 Å². The summed E-state index contributed by atoms with van der Waals surface area (Å²) in [7, 11) is 0. The molecule has 1 heterocycles. The average Bonchev–Trinajstić information content (AvgIpc) is 1.85. The van der Waals surface area contributed by atoms with Gasteiger partial charge in [0.15, 0.2) is 0 Å². The van der Waals surface area contributed by atoms with E-state index >= 15 is 0 Å². The molecule has 1 saturated heterocycles. The number of thiocarbonyl (C=S) groups is 1. The van der Waals surface area contributed by atoms with Crippen molar-refractivity contribution >= 4 is 34.2 Å². The van der Waals surface area contributed by atoms with E-state index in [9.17, 15) is 4.79 Å². The van der Waals surface area contributed by atoms with Gasteiger partial charge in [-0.2, -0.15) is 0 Å². The highest BCUT2D eigenvalue weighted by Gasteiger charge is 2.19. The van der Waals surface area contributed by atoms with E-state index in [0.717, 1.165) is 11.8 Å². The monoisotopic (exact) mass is 144 g/mol. The first-order valence-corrected chi connectivity index (χ1v) is 3.08. The maximum absolute atomic E-state index is 10.4. The highest BCUT2D eigenvalue weighted by Crippen LogP contribution is 2.19. The zero-order chi connectivity index (χ0) is 6.15. The van der Waals surface area contributed by atoms with Crippen molar-refractivity contribution in [3.8, 4) is 0 Å². The smallest absolute Gasteiger partial charge is 0.263 e. The van der Waals surface area contributed by atoms with Crippen molar-refractivity contribution < 1.29 is 4.79 Å². The lowest BCUT2D eigenvalue weighted by Gasteiger charge is -1.81. The Morgan fingerprint density at radius 1 is 1.75 bits per heavy atom. The Bertz CT molecular complexity index is 157. The van der Waals surface area contributed by atoms with Crippen molar-refractivity contribution in [1.29, 1.82) is 0 Å². The molecule has 0 aromatic rings. The molecule has 1 radical (unpaired) electrons. The first-order valence-electron chi connectivity index (χ1n) is 1.86. The Hall–Kier alpha value is -0.350. The fraction of sp³-hybridized carbons (Fsp3) is 0. The number of amides is 1. The van der Waals surface area contributed by atoms with Gasteiger partial charge in [0.25, 0.3) is 5.91 Å². The van der Waals surface area contributed by atoms with Crippen molar-refractivity contribution in [2.45, 2.75) is 0 Å². The lowest BCUT2D eigenvalue weighted by molar-refractivity contribution is -0.115. The lowest BCUT2D eigenvalue weighted by Crippen LogP contribution is -2.17. The molecule has 1 rings (SSSR count). The van der Waals surface area contributed by atoms with E-state index in [-0.39, 0.29) is 10.8 Å². The summed E-state index contributed by atoms with van der Waals surface area (Å²) in [6.45, 7) is 5.15. The van der Waals surface area contributed by atoms with Crippen LogP contribution < -0.4 is 5.32 Å². The molecule has 0 bridgehead atoms. The molecule has 8 heavy (non-hydrogen) atoms. The SMILES string of the molecule is [CH]=C1SC(=S)NC1=O. The van der Waals surface area contributed by atoms with E-state index in [2.05, 4.69) is 17.5 Å². The summed E-state index contributed by atoms with van der Waals surface area (Å²) in [5, 5.41) is 2.36. The highest BCUT2D eigenvalue weighted by atomic mass is 32.2. The number of hydrogen-bond donors (Lipinski definition) is 1. The fourth-order valence-electron chi connectivity index (χ4n) is 0.326. The number of hydrogen-bond acceptors (Lipinski definition) is 3. The van der Waals surface area contributed by atoms with E-state index in [1.165, 1.54) is 0 Å². The number of carbonyl (C=O) groups is 1. The molecule has 1 aliphatic heterocycles. The second-order valence-electron chi connectivity index (χ2n) is 1.21. The molecule has 0 atom stereocenters. The zero-order valence-electron chi connectivity index (χ0n) is 3.80. The molecule has 1 N–H and O–H groups in total. The zero-order valence-corrected chi connectivity index (χ0v) is 5.44. The summed E-state index contributed by atoms with van der Waals surface area (Å²) in [5.74, 6) is -0.278. The fourth-order valence-corrected chi connectivity index (χ4v) is 1.18. The van der Waals surface area contributed by atoms with Crippen LogP contribution in [0.5, 0.6) is 0 Å². The lowest BCUT2D eigenvalue weighted by atomic mass is 10.6. The van der Waals surface area contributed by atoms with Gasteiger partial charge < -0.3 is 5.32 Å². The number of rotatable bonds is 0. The molecule has 1 fully saturated rings. The predicted molar refractivity (Wildman–Crippen MR) is 36.1 cm³/mol. The molecule has 1 amide bonds. The quantitative estimate of drug-likeness (QED) is 0.395. The second-order valence-corrected chi connectivity index (χ2v) is 2.93. The molecule has 1 aliphatic rings. The van der Waals surface area contributed by atoms with Crippen LogP contribution in [0.4, 0.5) is 0 Å². The standard InChI is InChI=1S/C4H2NOS2/c1-2-3(6)5-4(7)8-2/h1H,(H,5,6,7). The van der Waals surface area contributed by atoms with Crippen LogP contribution in [0.1, 0.15) is 0 Å². The first kappa shape index (κ1) is 5.78. The molecule has 0 spiro atoms. The van der Waals surface area contributed by atoms with Crippen molar-refractivity contribution in [1.82, 2.24) is 5.32 Å². The van der Waals surface area contributed by atoms with E-state index in [4.69, 9.17) is 6.58 Å². The Balaban J connectivity index is 2.79. The number of nitrogens with one attached hydrogen (secondary N) is 1. The average molecular weight is 144 g/mol. The van der Waals surface area contributed by atoms with Crippen LogP contribution in [0.2, 0.25) is 0 Å². The van der Waals surface area contributed by atoms with Crippen LogP contribution in [0.15, 0.2) is 4.91 Å². The van der Waals surface area contributed by atoms with Crippen LogP contribution in [0, 0.1) is 6.58 Å². The van der Waals surface area contributed by atoms with Crippen molar-refractivity contribution in [2.24, 2.45) is 0 Å². The molecule has 0 unspecified atom stereocenters. The molecule has 0 aromatic heterocycles. The molecule has 0 aliphatic carbocycles. The van der Waals surface area contributed by atoms with Gasteiger partial charge in [-0.25, -0.2) is 0 Å². The Labute approximate surface area is 56.3 Å². The van der Waals surface area contributed by atoms with Crippen molar-refractivity contribution in [3.05, 3.63) is 11.5 Å². The van der Waals surface area contributed by atoms with Gasteiger partial charge in [-0.1, -0.05) is 24.0 Å². The van der Waals surface area contributed by atoms with Gasteiger partial charge in [0.2, 0.25) is 0 Å². The Morgan fingerprint density at radius 2 is 2.38 bits per heavy atom. The van der Waals surface area contributed by atoms with Gasteiger partial charge >= 0.3 is 0 Å². The Kier molecular flexibility index (Phi) is 1.35. The van der Waals surface area contributed by atoms with Crippen LogP contribution in [0.3, 0.4) is 0 Å². The molecule has 41 valence electrons. The normalized spacial score (nSPS) is 19.2. The highest BCUT2D eigenvalue weighted by molar-refractivity contribution is 8.26. The van der Waals surface area contributed by atoms with Gasteiger partial charge in [0.05, 0.1) is 4.91 Å². The molecule has 2 nitrogen and oxygen atoms in total. The summed E-state index contributed by atoms with van der Waals surface area (Å²) in [6, 6.07) is 0. The van der Waals surface area contributed by atoms with Crippen LogP contribution in [0.25, 0.3) is 0 Å². The molecular formula is C4H2NOS2. The summed E-state index contributed by atoms with van der Waals surface area (Å²) in [6.07, 6.45) is 0. The Morgan fingerprint density at radius 3 is 2.50 bits per heavy atom. The van der Waals surface area contributed by atoms with E-state index < -0.39 is 0 Å². The van der Waals surface area contributed by atoms with Crippen LogP contribution in [-0.2, 0) is 4.79 Å². The van der Waals surface area contributed by atoms with Gasteiger partial charge in [-0.15, -0.1) is 0 Å². The van der Waals surface area contributed by atoms with Gasteiger partial charge in [0, 0.05) is 0 Å². The third kappa shape index (κ3) is 0.900. The van der Waals surface area contributed by atoms with Gasteiger partial charge in [0.1, 0.15) is 4.32 Å². The predicted octanol–water partition coefficient (Wildman–Crippen LogP) is 0.451. The maximum Gasteiger partial charge on any atom is 0.263 e. The topological polar surface area (TPSA) is 29.1 Å². The minimum Gasteiger partial charge on any atom is -0.307 e. The molecular weight excluding hydrogens is 142 g/mol. The van der Waals surface area contributed by atoms with E-state index in [1.807, 2.05) is 0 Å². The van der Waals surface area contributed by atoms with Crippen molar-refractivity contribution in [2.75, 3.05) is 0 Å². The summed E-state index contributed by atoms with van der Waals surface area (Å²) >= 11 is 5.70. The van der Waals surface area contributed by atoms with E-state index in [0.29, 0.717) is 4.32 Å². The van der Waals surface area contributed by atoms with E-state index in [1.54, 1.807) is 0 Å². The molecule has 0 aromatic carbocycles. The molecule has 4 heteroatoms. The summed E-state index contributed by atoms with van der Waals surface area (Å²) in [4.78, 5) is 10.6. The summed E-state index contributed by atoms with van der Waals surface area (Å²) in [5.41, 5.74) is 0. The minimum absolute atomic E-state index is 0.231. The van der Waals surface area contributed by atoms with Crippen molar-refractivity contribution in [3.63, 3.8) is 0 Å².